The van der Waals surface area contributed by atoms with Gasteiger partial charge in [-0.05, 0) is 36.5 Å². The molecular weight excluding hydrogens is 300 g/mol. The van der Waals surface area contributed by atoms with Crippen LogP contribution in [-0.2, 0) is 6.54 Å². The van der Waals surface area contributed by atoms with E-state index in [0.29, 0.717) is 0 Å². The molecule has 1 aliphatic heterocycles. The largest absolute Gasteiger partial charge is 0.497 e. The van der Waals surface area contributed by atoms with Crippen molar-refractivity contribution in [3.05, 3.63) is 29.3 Å². The smallest absolute Gasteiger partial charge is 0.150 e. The normalized spacial score (nSPS) is 26.2. The molecule has 1 aromatic carbocycles. The van der Waals surface area contributed by atoms with Gasteiger partial charge < -0.3 is 4.74 Å². The van der Waals surface area contributed by atoms with E-state index in [2.05, 4.69) is 16.7 Å². The number of carbonyl (C=O) groups excluding carboxylic acids is 1. The van der Waals surface area contributed by atoms with Gasteiger partial charge in [0.1, 0.15) is 5.75 Å². The molecule has 132 valence electrons. The van der Waals surface area contributed by atoms with E-state index in [0.717, 1.165) is 67.8 Å². The lowest BCUT2D eigenvalue weighted by Crippen LogP contribution is -2.51. The first-order valence-electron chi connectivity index (χ1n) is 9.28. The Bertz CT molecular complexity index is 553. The summed E-state index contributed by atoms with van der Waals surface area (Å²) in [4.78, 5) is 16.5. The molecule has 2 atom stereocenters. The zero-order chi connectivity index (χ0) is 16.9. The van der Waals surface area contributed by atoms with Crippen LogP contribution >= 0.6 is 0 Å². The fraction of sp³-hybridized carbons (Fsp3) is 0.650. The Balaban J connectivity index is 1.54. The van der Waals surface area contributed by atoms with Crippen LogP contribution in [0.3, 0.4) is 0 Å². The fourth-order valence-electron chi connectivity index (χ4n) is 4.21. The lowest BCUT2D eigenvalue weighted by atomic mass is 9.86. The highest BCUT2D eigenvalue weighted by Crippen LogP contribution is 2.28. The summed E-state index contributed by atoms with van der Waals surface area (Å²) >= 11 is 0. The van der Waals surface area contributed by atoms with Gasteiger partial charge in [0.2, 0.25) is 0 Å². The number of nitrogens with zero attached hydrogens (tertiary/aromatic N) is 2. The lowest BCUT2D eigenvalue weighted by molar-refractivity contribution is 0.0658. The number of methoxy groups -OCH3 is 1. The van der Waals surface area contributed by atoms with Crippen molar-refractivity contribution in [2.75, 3.05) is 33.3 Å². The van der Waals surface area contributed by atoms with Crippen molar-refractivity contribution in [1.82, 2.24) is 9.80 Å². The van der Waals surface area contributed by atoms with E-state index in [9.17, 15) is 4.79 Å². The maximum atomic E-state index is 11.3. The number of aldehydes is 1. The predicted octanol–water partition coefficient (Wildman–Crippen LogP) is 3.20. The Hall–Kier alpha value is -1.39. The number of rotatable bonds is 5. The van der Waals surface area contributed by atoms with Crippen molar-refractivity contribution in [2.45, 2.75) is 45.2 Å². The molecule has 0 aromatic heterocycles. The predicted molar refractivity (Wildman–Crippen MR) is 96.7 cm³/mol. The minimum absolute atomic E-state index is 0.747. The Labute approximate surface area is 145 Å². The topological polar surface area (TPSA) is 32.8 Å². The van der Waals surface area contributed by atoms with E-state index < -0.39 is 0 Å². The van der Waals surface area contributed by atoms with Crippen LogP contribution in [0.5, 0.6) is 5.75 Å². The van der Waals surface area contributed by atoms with Crippen molar-refractivity contribution < 1.29 is 9.53 Å². The van der Waals surface area contributed by atoms with Gasteiger partial charge in [0.05, 0.1) is 7.11 Å². The highest BCUT2D eigenvalue weighted by molar-refractivity contribution is 5.78. The molecule has 1 aromatic rings. The van der Waals surface area contributed by atoms with E-state index in [4.69, 9.17) is 4.74 Å². The maximum absolute atomic E-state index is 11.3. The third kappa shape index (κ3) is 4.17. The van der Waals surface area contributed by atoms with E-state index in [1.165, 1.54) is 25.7 Å². The molecule has 2 fully saturated rings. The molecule has 0 radical (unpaired) electrons. The zero-order valence-electron chi connectivity index (χ0n) is 15.0. The second kappa shape index (κ2) is 8.13. The number of carbonyl (C=O) groups is 1. The summed E-state index contributed by atoms with van der Waals surface area (Å²) < 4.78 is 5.21. The molecule has 4 nitrogen and oxygen atoms in total. The second-order valence-electron chi connectivity index (χ2n) is 7.42. The Morgan fingerprint density at radius 2 is 2.00 bits per heavy atom. The van der Waals surface area contributed by atoms with E-state index in [-0.39, 0.29) is 0 Å². The Morgan fingerprint density at radius 1 is 1.21 bits per heavy atom. The van der Waals surface area contributed by atoms with Crippen LogP contribution in [0.1, 0.15) is 48.5 Å². The number of hydrogen-bond acceptors (Lipinski definition) is 4. The molecule has 2 aliphatic rings. The molecule has 1 aliphatic carbocycles. The average molecular weight is 330 g/mol. The Kier molecular flexibility index (Phi) is 5.90. The molecule has 0 N–H and O–H groups in total. The Morgan fingerprint density at radius 3 is 2.67 bits per heavy atom. The third-order valence-electron chi connectivity index (χ3n) is 5.71. The number of piperazine rings is 1. The van der Waals surface area contributed by atoms with Crippen LogP contribution in [0.25, 0.3) is 0 Å². The van der Waals surface area contributed by atoms with Gasteiger partial charge in [0.25, 0.3) is 0 Å². The van der Waals surface area contributed by atoms with Gasteiger partial charge in [-0.25, -0.2) is 0 Å². The molecule has 1 heterocycles. The standard InChI is InChI=1S/C20H30N2O2/c1-16-4-3-5-19(12-16)22-10-8-21(9-11-22)14-17-6-7-20(24-2)13-18(17)15-23/h6-7,13,15-16,19H,3-5,8-12,14H2,1-2H3. The molecule has 0 spiro atoms. The molecule has 2 unspecified atom stereocenters. The first-order chi connectivity index (χ1) is 11.7. The molecule has 0 amide bonds. The van der Waals surface area contributed by atoms with Gasteiger partial charge in [-0.3, -0.25) is 14.6 Å². The molecule has 3 rings (SSSR count). The van der Waals surface area contributed by atoms with Crippen molar-refractivity contribution in [3.8, 4) is 5.75 Å². The van der Waals surface area contributed by atoms with E-state index >= 15 is 0 Å². The number of benzene rings is 1. The van der Waals surface area contributed by atoms with Crippen molar-refractivity contribution in [3.63, 3.8) is 0 Å². The van der Waals surface area contributed by atoms with Crippen LogP contribution in [0.15, 0.2) is 18.2 Å². The summed E-state index contributed by atoms with van der Waals surface area (Å²) in [6, 6.07) is 6.60. The van der Waals surface area contributed by atoms with Crippen LogP contribution in [0.4, 0.5) is 0 Å². The van der Waals surface area contributed by atoms with Gasteiger partial charge in [-0.15, -0.1) is 0 Å². The summed E-state index contributed by atoms with van der Waals surface area (Å²) in [6.45, 7) is 7.75. The van der Waals surface area contributed by atoms with E-state index in [1.54, 1.807) is 7.11 Å². The van der Waals surface area contributed by atoms with Gasteiger partial charge in [-0.2, -0.15) is 0 Å². The van der Waals surface area contributed by atoms with Gasteiger partial charge in [-0.1, -0.05) is 25.8 Å². The minimum atomic E-state index is 0.747. The van der Waals surface area contributed by atoms with Crippen LogP contribution in [0.2, 0.25) is 0 Å². The molecule has 24 heavy (non-hydrogen) atoms. The van der Waals surface area contributed by atoms with Gasteiger partial charge in [0, 0.05) is 44.3 Å². The zero-order valence-corrected chi connectivity index (χ0v) is 15.0. The molecule has 1 saturated carbocycles. The second-order valence-corrected chi connectivity index (χ2v) is 7.42. The molecule has 0 bridgehead atoms. The fourth-order valence-corrected chi connectivity index (χ4v) is 4.21. The highest BCUT2D eigenvalue weighted by atomic mass is 16.5. The number of hydrogen-bond donors (Lipinski definition) is 0. The molecular formula is C20H30N2O2. The van der Waals surface area contributed by atoms with Crippen molar-refractivity contribution in [2.24, 2.45) is 5.92 Å². The minimum Gasteiger partial charge on any atom is -0.497 e. The van der Waals surface area contributed by atoms with Crippen molar-refractivity contribution >= 4 is 6.29 Å². The van der Waals surface area contributed by atoms with Crippen LogP contribution in [-0.4, -0.2) is 55.4 Å². The first kappa shape index (κ1) is 17.4. The molecule has 4 heteroatoms. The summed E-state index contributed by atoms with van der Waals surface area (Å²) in [6.07, 6.45) is 6.48. The summed E-state index contributed by atoms with van der Waals surface area (Å²) in [5.41, 5.74) is 1.85. The number of ether oxygens (including phenoxy) is 1. The lowest BCUT2D eigenvalue weighted by Gasteiger charge is -2.42. The quantitative estimate of drug-likeness (QED) is 0.776. The SMILES string of the molecule is COc1ccc(CN2CCN(C3CCCC(C)C3)CC2)c(C=O)c1. The summed E-state index contributed by atoms with van der Waals surface area (Å²) in [7, 11) is 1.63. The van der Waals surface area contributed by atoms with E-state index in [1.807, 2.05) is 18.2 Å². The van der Waals surface area contributed by atoms with Crippen molar-refractivity contribution in [1.29, 1.82) is 0 Å². The highest BCUT2D eigenvalue weighted by Gasteiger charge is 2.27. The van der Waals surface area contributed by atoms with Gasteiger partial charge in [0.15, 0.2) is 6.29 Å². The molecule has 1 saturated heterocycles. The van der Waals surface area contributed by atoms with Crippen LogP contribution < -0.4 is 4.74 Å². The first-order valence-corrected chi connectivity index (χ1v) is 9.28. The monoisotopic (exact) mass is 330 g/mol. The maximum Gasteiger partial charge on any atom is 0.150 e. The van der Waals surface area contributed by atoms with Gasteiger partial charge >= 0.3 is 0 Å². The third-order valence-corrected chi connectivity index (χ3v) is 5.71. The average Bonchev–Trinajstić information content (AvgIpc) is 2.62. The summed E-state index contributed by atoms with van der Waals surface area (Å²) in [5, 5.41) is 0. The van der Waals surface area contributed by atoms with Crippen LogP contribution in [0, 0.1) is 5.92 Å². The summed E-state index contributed by atoms with van der Waals surface area (Å²) in [5.74, 6) is 1.63.